The van der Waals surface area contributed by atoms with Gasteiger partial charge in [-0.2, -0.15) is 5.10 Å². The van der Waals surface area contributed by atoms with Crippen LogP contribution in [0.2, 0.25) is 0 Å². The van der Waals surface area contributed by atoms with Gasteiger partial charge in [0.1, 0.15) is 5.75 Å². The Morgan fingerprint density at radius 2 is 2.07 bits per heavy atom. The molecule has 1 aliphatic heterocycles. The summed E-state index contributed by atoms with van der Waals surface area (Å²) < 4.78 is 6.92. The molecule has 1 atom stereocenters. The topological polar surface area (TPSA) is 99.2 Å². The number of rotatable bonds is 5. The van der Waals surface area contributed by atoms with E-state index in [1.807, 2.05) is 42.4 Å². The normalized spacial score (nSPS) is 16.2. The number of benzene rings is 1. The molecule has 8 nitrogen and oxygen atoms in total. The van der Waals surface area contributed by atoms with Crippen molar-refractivity contribution in [1.82, 2.24) is 24.6 Å². The lowest BCUT2D eigenvalue weighted by Gasteiger charge is -2.26. The third-order valence-corrected chi connectivity index (χ3v) is 5.26. The quantitative estimate of drug-likeness (QED) is 0.716. The van der Waals surface area contributed by atoms with Crippen LogP contribution in [0.5, 0.6) is 5.75 Å². The fourth-order valence-corrected chi connectivity index (χ4v) is 3.82. The zero-order valence-corrected chi connectivity index (χ0v) is 16.6. The van der Waals surface area contributed by atoms with Gasteiger partial charge in [-0.15, -0.1) is 0 Å². The molecule has 1 aliphatic rings. The molecule has 8 heteroatoms. The van der Waals surface area contributed by atoms with Gasteiger partial charge in [0.05, 0.1) is 31.5 Å². The molecular formula is C21H24N6O2. The van der Waals surface area contributed by atoms with Gasteiger partial charge in [-0.1, -0.05) is 12.1 Å². The average Bonchev–Trinajstić information content (AvgIpc) is 3.37. The number of ether oxygens (including phenoxy) is 1. The van der Waals surface area contributed by atoms with Gasteiger partial charge in [0, 0.05) is 37.1 Å². The number of aromatic nitrogens is 4. The first kappa shape index (κ1) is 18.9. The Bertz CT molecular complexity index is 1010. The maximum absolute atomic E-state index is 13.1. The molecule has 2 N–H and O–H groups in total. The van der Waals surface area contributed by atoms with E-state index in [1.54, 1.807) is 24.2 Å². The summed E-state index contributed by atoms with van der Waals surface area (Å²) in [5.74, 6) is 1.06. The number of methoxy groups -OCH3 is 1. The molecule has 1 fully saturated rings. The van der Waals surface area contributed by atoms with Crippen LogP contribution < -0.4 is 10.5 Å². The van der Waals surface area contributed by atoms with Gasteiger partial charge in [-0.25, -0.2) is 9.97 Å². The van der Waals surface area contributed by atoms with E-state index in [2.05, 4.69) is 15.1 Å². The fraction of sp³-hybridized carbons (Fsp3) is 0.333. The molecular weight excluding hydrogens is 368 g/mol. The number of nitrogens with zero attached hydrogens (tertiary/aromatic N) is 5. The Morgan fingerprint density at radius 1 is 1.28 bits per heavy atom. The third-order valence-electron chi connectivity index (χ3n) is 5.26. The van der Waals surface area contributed by atoms with Gasteiger partial charge in [0.2, 0.25) is 11.9 Å². The maximum atomic E-state index is 13.1. The second-order valence-corrected chi connectivity index (χ2v) is 7.20. The molecule has 1 saturated heterocycles. The van der Waals surface area contributed by atoms with E-state index in [4.69, 9.17) is 10.5 Å². The van der Waals surface area contributed by atoms with Crippen LogP contribution in [-0.4, -0.2) is 44.2 Å². The first-order valence-corrected chi connectivity index (χ1v) is 9.59. The van der Waals surface area contributed by atoms with Gasteiger partial charge in [0.15, 0.2) is 0 Å². The Morgan fingerprint density at radius 3 is 2.76 bits per heavy atom. The van der Waals surface area contributed by atoms with Crippen LogP contribution in [0.4, 0.5) is 5.95 Å². The lowest BCUT2D eigenvalue weighted by Crippen LogP contribution is -2.32. The standard InChI is InChI=1S/C21H24N6O2/c1-26-13-15(11-24-26)17-12-23-21(22)25-20(17)18-4-3-9-27(18)19(28)10-14-5-7-16(29-2)8-6-14/h5-8,11-13,18H,3-4,9-10H2,1-2H3,(H2,22,23,25)/t18-/m0/s1. The van der Waals surface area contributed by atoms with Gasteiger partial charge < -0.3 is 15.4 Å². The van der Waals surface area contributed by atoms with E-state index in [-0.39, 0.29) is 17.9 Å². The molecule has 2 aromatic heterocycles. The van der Waals surface area contributed by atoms with Gasteiger partial charge >= 0.3 is 0 Å². The minimum atomic E-state index is -0.124. The van der Waals surface area contributed by atoms with Crippen molar-refractivity contribution in [3.05, 3.63) is 54.1 Å². The number of nitrogens with two attached hydrogens (primary N) is 1. The summed E-state index contributed by atoms with van der Waals surface area (Å²) in [6, 6.07) is 7.46. The Kier molecular flexibility index (Phi) is 5.16. The number of carbonyl (C=O) groups is 1. The van der Waals surface area contributed by atoms with E-state index in [0.717, 1.165) is 41.0 Å². The number of amides is 1. The first-order chi connectivity index (χ1) is 14.0. The van der Waals surface area contributed by atoms with Crippen molar-refractivity contribution in [3.63, 3.8) is 0 Å². The Labute approximate surface area is 169 Å². The number of nitrogen functional groups attached to an aromatic ring is 1. The average molecular weight is 392 g/mol. The highest BCUT2D eigenvalue weighted by molar-refractivity contribution is 5.80. The number of anilines is 1. The molecule has 0 unspecified atom stereocenters. The number of aryl methyl sites for hydroxylation is 1. The highest BCUT2D eigenvalue weighted by Crippen LogP contribution is 2.37. The predicted molar refractivity (Wildman–Crippen MR) is 109 cm³/mol. The van der Waals surface area contributed by atoms with E-state index in [0.29, 0.717) is 13.0 Å². The Balaban J connectivity index is 1.61. The van der Waals surface area contributed by atoms with E-state index in [9.17, 15) is 4.79 Å². The second-order valence-electron chi connectivity index (χ2n) is 7.20. The largest absolute Gasteiger partial charge is 0.497 e. The molecule has 1 amide bonds. The minimum absolute atomic E-state index is 0.0759. The van der Waals surface area contributed by atoms with Gasteiger partial charge in [-0.3, -0.25) is 9.48 Å². The highest BCUT2D eigenvalue weighted by Gasteiger charge is 2.33. The zero-order chi connectivity index (χ0) is 20.4. The zero-order valence-electron chi connectivity index (χ0n) is 16.6. The van der Waals surface area contributed by atoms with E-state index in [1.165, 1.54) is 0 Å². The van der Waals surface area contributed by atoms with Crippen LogP contribution in [-0.2, 0) is 18.3 Å². The summed E-state index contributed by atoms with van der Waals surface area (Å²) in [4.78, 5) is 23.7. The monoisotopic (exact) mass is 392 g/mol. The molecule has 150 valence electrons. The van der Waals surface area contributed by atoms with Crippen molar-refractivity contribution >= 4 is 11.9 Å². The molecule has 0 spiro atoms. The number of carbonyl (C=O) groups excluding carboxylic acids is 1. The summed E-state index contributed by atoms with van der Waals surface area (Å²) in [6.07, 6.45) is 7.52. The summed E-state index contributed by atoms with van der Waals surface area (Å²) in [5.41, 5.74) is 9.41. The summed E-state index contributed by atoms with van der Waals surface area (Å²) in [7, 11) is 3.49. The summed E-state index contributed by atoms with van der Waals surface area (Å²) in [5, 5.41) is 4.25. The second kappa shape index (κ2) is 7.90. The summed E-state index contributed by atoms with van der Waals surface area (Å²) >= 11 is 0. The van der Waals surface area contributed by atoms with Gasteiger partial charge in [0.25, 0.3) is 0 Å². The maximum Gasteiger partial charge on any atom is 0.227 e. The lowest BCUT2D eigenvalue weighted by molar-refractivity contribution is -0.131. The van der Waals surface area contributed by atoms with Crippen LogP contribution in [0.15, 0.2) is 42.9 Å². The fourth-order valence-electron chi connectivity index (χ4n) is 3.82. The van der Waals surface area contributed by atoms with Crippen LogP contribution in [0.3, 0.4) is 0 Å². The predicted octanol–water partition coefficient (Wildman–Crippen LogP) is 2.37. The molecule has 29 heavy (non-hydrogen) atoms. The van der Waals surface area contributed by atoms with Crippen molar-refractivity contribution in [2.75, 3.05) is 19.4 Å². The number of likely N-dealkylation sites (tertiary alicyclic amines) is 1. The molecule has 0 saturated carbocycles. The molecule has 0 radical (unpaired) electrons. The lowest BCUT2D eigenvalue weighted by atomic mass is 10.0. The van der Waals surface area contributed by atoms with E-state index < -0.39 is 0 Å². The SMILES string of the molecule is COc1ccc(CC(=O)N2CCC[C@H]2c2nc(N)ncc2-c2cnn(C)c2)cc1. The van der Waals surface area contributed by atoms with E-state index >= 15 is 0 Å². The Hall–Kier alpha value is -3.42. The van der Waals surface area contributed by atoms with Crippen molar-refractivity contribution in [2.24, 2.45) is 7.05 Å². The van der Waals surface area contributed by atoms with Crippen LogP contribution in [0.1, 0.15) is 30.1 Å². The van der Waals surface area contributed by atoms with Crippen LogP contribution >= 0.6 is 0 Å². The van der Waals surface area contributed by atoms with Crippen molar-refractivity contribution in [3.8, 4) is 16.9 Å². The highest BCUT2D eigenvalue weighted by atomic mass is 16.5. The van der Waals surface area contributed by atoms with Crippen molar-refractivity contribution in [1.29, 1.82) is 0 Å². The first-order valence-electron chi connectivity index (χ1n) is 9.59. The third kappa shape index (κ3) is 3.91. The van der Waals surface area contributed by atoms with Gasteiger partial charge in [-0.05, 0) is 30.5 Å². The van der Waals surface area contributed by atoms with Crippen molar-refractivity contribution in [2.45, 2.75) is 25.3 Å². The molecule has 3 heterocycles. The summed E-state index contributed by atoms with van der Waals surface area (Å²) in [6.45, 7) is 0.704. The minimum Gasteiger partial charge on any atom is -0.497 e. The van der Waals surface area contributed by atoms with Crippen LogP contribution in [0, 0.1) is 0 Å². The van der Waals surface area contributed by atoms with Crippen molar-refractivity contribution < 1.29 is 9.53 Å². The molecule has 1 aromatic carbocycles. The molecule has 4 rings (SSSR count). The smallest absolute Gasteiger partial charge is 0.227 e. The molecule has 0 bridgehead atoms. The molecule has 3 aromatic rings. The number of hydrogen-bond donors (Lipinski definition) is 1. The molecule has 0 aliphatic carbocycles. The number of hydrogen-bond acceptors (Lipinski definition) is 6. The van der Waals surface area contributed by atoms with Crippen LogP contribution in [0.25, 0.3) is 11.1 Å².